The average molecular weight is 436 g/mol. The highest BCUT2D eigenvalue weighted by atomic mass is 32.2. The number of furan rings is 1. The second-order valence-corrected chi connectivity index (χ2v) is 8.26. The Hall–Kier alpha value is -2.52. The van der Waals surface area contributed by atoms with Crippen molar-refractivity contribution in [3.63, 3.8) is 0 Å². The highest BCUT2D eigenvalue weighted by Crippen LogP contribution is 2.35. The number of amidine groups is 1. The highest BCUT2D eigenvalue weighted by molar-refractivity contribution is 8.18. The first kappa shape index (κ1) is 20.7. The van der Waals surface area contributed by atoms with Crippen LogP contribution in [0.2, 0.25) is 0 Å². The summed E-state index contributed by atoms with van der Waals surface area (Å²) in [5.74, 6) is 0.303. The van der Waals surface area contributed by atoms with Gasteiger partial charge >= 0.3 is 6.18 Å². The van der Waals surface area contributed by atoms with Crippen LogP contribution in [0.5, 0.6) is 0 Å². The van der Waals surface area contributed by atoms with Crippen LogP contribution < -0.4 is 0 Å². The monoisotopic (exact) mass is 436 g/mol. The number of benzene rings is 1. The van der Waals surface area contributed by atoms with E-state index in [0.717, 1.165) is 12.1 Å². The van der Waals surface area contributed by atoms with Gasteiger partial charge in [0.25, 0.3) is 5.91 Å². The summed E-state index contributed by atoms with van der Waals surface area (Å²) < 4.78 is 50.2. The van der Waals surface area contributed by atoms with Crippen molar-refractivity contribution in [3.05, 3.63) is 52.6 Å². The summed E-state index contributed by atoms with van der Waals surface area (Å²) in [6.45, 7) is 5.24. The Morgan fingerprint density at radius 3 is 2.60 bits per heavy atom. The van der Waals surface area contributed by atoms with Gasteiger partial charge in [-0.1, -0.05) is 12.1 Å². The van der Waals surface area contributed by atoms with Crippen LogP contribution in [0.3, 0.4) is 0 Å². The lowest BCUT2D eigenvalue weighted by Gasteiger charge is -2.35. The van der Waals surface area contributed by atoms with E-state index < -0.39 is 11.7 Å². The lowest BCUT2D eigenvalue weighted by molar-refractivity contribution is -0.137. The normalized spacial score (nSPS) is 23.9. The zero-order valence-corrected chi connectivity index (χ0v) is 17.1. The van der Waals surface area contributed by atoms with Gasteiger partial charge in [0.2, 0.25) is 0 Å². The number of carbonyl (C=O) groups is 1. The summed E-state index contributed by atoms with van der Waals surface area (Å²) in [5.41, 5.74) is -0.432. The Bertz CT molecular complexity index is 1020. The summed E-state index contributed by atoms with van der Waals surface area (Å²) in [4.78, 5) is 18.9. The molecular formula is C21H19F3N2O3S. The van der Waals surface area contributed by atoms with E-state index >= 15 is 0 Å². The molecule has 9 heteroatoms. The molecule has 0 saturated carbocycles. The van der Waals surface area contributed by atoms with Crippen LogP contribution in [0, 0.1) is 0 Å². The summed E-state index contributed by atoms with van der Waals surface area (Å²) in [6, 6.07) is 8.12. The second-order valence-electron chi connectivity index (χ2n) is 7.25. The Labute approximate surface area is 175 Å². The van der Waals surface area contributed by atoms with Gasteiger partial charge in [0.15, 0.2) is 5.17 Å². The Balaban J connectivity index is 1.51. The zero-order chi connectivity index (χ0) is 21.5. The van der Waals surface area contributed by atoms with E-state index in [4.69, 9.17) is 9.15 Å². The van der Waals surface area contributed by atoms with Gasteiger partial charge in [0.05, 0.1) is 22.7 Å². The number of nitrogens with zero attached hydrogens (tertiary/aromatic N) is 2. The standard InChI is InChI=1S/C21H19F3N2O3S/c1-12-10-26(11-13(2)28-12)20-25-19(27)18(30-20)9-16-6-7-17(29-16)14-4-3-5-15(8-14)21(22,23)24/h3-9,12-13H,10-11H2,1-2H3/b18-9-/t12-,13-/m0/s1. The van der Waals surface area contributed by atoms with Crippen LogP contribution in [0.4, 0.5) is 13.2 Å². The first-order chi connectivity index (χ1) is 14.2. The topological polar surface area (TPSA) is 55.0 Å². The maximum absolute atomic E-state index is 12.9. The molecule has 1 aromatic heterocycles. The highest BCUT2D eigenvalue weighted by Gasteiger charge is 2.32. The molecule has 5 nitrogen and oxygen atoms in total. The van der Waals surface area contributed by atoms with Gasteiger partial charge in [0.1, 0.15) is 11.5 Å². The molecule has 2 aliphatic heterocycles. The van der Waals surface area contributed by atoms with Crippen molar-refractivity contribution in [3.8, 4) is 11.3 Å². The predicted molar refractivity (Wildman–Crippen MR) is 109 cm³/mol. The minimum absolute atomic E-state index is 0.0419. The van der Waals surface area contributed by atoms with E-state index in [0.29, 0.717) is 40.2 Å². The van der Waals surface area contributed by atoms with Gasteiger partial charge in [-0.05, 0) is 49.9 Å². The quantitative estimate of drug-likeness (QED) is 0.617. The number of alkyl halides is 3. The number of halogens is 3. The number of ether oxygens (including phenoxy) is 1. The third kappa shape index (κ3) is 4.46. The fourth-order valence-electron chi connectivity index (χ4n) is 3.43. The third-order valence-electron chi connectivity index (χ3n) is 4.67. The average Bonchev–Trinajstić information content (AvgIpc) is 3.28. The van der Waals surface area contributed by atoms with Gasteiger partial charge in [-0.25, -0.2) is 0 Å². The van der Waals surface area contributed by atoms with E-state index in [1.54, 1.807) is 24.3 Å². The SMILES string of the molecule is C[C@H]1CN(C2=NC(=O)/C(=C/c3ccc(-c4cccc(C(F)(F)F)c4)o3)S2)C[C@H](C)O1. The number of morpholine rings is 1. The summed E-state index contributed by atoms with van der Waals surface area (Å²) in [6.07, 6.45) is -2.78. The van der Waals surface area contributed by atoms with Gasteiger partial charge in [-0.2, -0.15) is 18.2 Å². The minimum atomic E-state index is -4.43. The van der Waals surface area contributed by atoms with Crippen molar-refractivity contribution in [1.29, 1.82) is 0 Å². The fraction of sp³-hybridized carbons (Fsp3) is 0.333. The number of hydrogen-bond acceptors (Lipinski definition) is 5. The molecule has 0 bridgehead atoms. The van der Waals surface area contributed by atoms with Crippen LogP contribution in [-0.4, -0.2) is 41.3 Å². The molecule has 0 N–H and O–H groups in total. The van der Waals surface area contributed by atoms with Crippen LogP contribution in [-0.2, 0) is 15.7 Å². The predicted octanol–water partition coefficient (Wildman–Crippen LogP) is 5.04. The van der Waals surface area contributed by atoms with Gasteiger partial charge < -0.3 is 14.1 Å². The largest absolute Gasteiger partial charge is 0.457 e. The summed E-state index contributed by atoms with van der Waals surface area (Å²) in [7, 11) is 0. The second kappa shape index (κ2) is 7.96. The van der Waals surface area contributed by atoms with E-state index in [1.807, 2.05) is 18.7 Å². The number of thioether (sulfide) groups is 1. The van der Waals surface area contributed by atoms with Crippen molar-refractivity contribution in [2.75, 3.05) is 13.1 Å². The third-order valence-corrected chi connectivity index (χ3v) is 5.72. The van der Waals surface area contributed by atoms with Crippen LogP contribution in [0.25, 0.3) is 17.4 Å². The number of aliphatic imine (C=N–C) groups is 1. The fourth-order valence-corrected chi connectivity index (χ4v) is 4.34. The molecular weight excluding hydrogens is 417 g/mol. The molecule has 3 heterocycles. The van der Waals surface area contributed by atoms with Crippen molar-refractivity contribution in [2.45, 2.75) is 32.2 Å². The van der Waals surface area contributed by atoms with Gasteiger partial charge in [-0.15, -0.1) is 0 Å². The van der Waals surface area contributed by atoms with Crippen molar-refractivity contribution in [2.24, 2.45) is 4.99 Å². The van der Waals surface area contributed by atoms with Crippen molar-refractivity contribution in [1.82, 2.24) is 4.90 Å². The lowest BCUT2D eigenvalue weighted by atomic mass is 10.1. The Morgan fingerprint density at radius 1 is 1.17 bits per heavy atom. The number of hydrogen-bond donors (Lipinski definition) is 0. The van der Waals surface area contributed by atoms with E-state index in [9.17, 15) is 18.0 Å². The summed E-state index contributed by atoms with van der Waals surface area (Å²) >= 11 is 1.26. The molecule has 2 aliphatic rings. The molecule has 4 rings (SSSR count). The molecule has 0 aliphatic carbocycles. The molecule has 2 aromatic rings. The van der Waals surface area contributed by atoms with E-state index in [-0.39, 0.29) is 18.1 Å². The van der Waals surface area contributed by atoms with Crippen molar-refractivity contribution < 1.29 is 27.1 Å². The number of rotatable bonds is 2. The smallest absolute Gasteiger partial charge is 0.416 e. The molecule has 1 amide bonds. The molecule has 1 saturated heterocycles. The maximum Gasteiger partial charge on any atom is 0.416 e. The van der Waals surface area contributed by atoms with Crippen LogP contribution in [0.15, 0.2) is 50.7 Å². The minimum Gasteiger partial charge on any atom is -0.457 e. The molecule has 30 heavy (non-hydrogen) atoms. The molecule has 1 aromatic carbocycles. The molecule has 158 valence electrons. The summed E-state index contributed by atoms with van der Waals surface area (Å²) in [5, 5.41) is 0.623. The maximum atomic E-state index is 12.9. The number of carbonyl (C=O) groups excluding carboxylic acids is 1. The number of amides is 1. The molecule has 0 radical (unpaired) electrons. The van der Waals surface area contributed by atoms with E-state index in [1.165, 1.54) is 17.8 Å². The van der Waals surface area contributed by atoms with Gasteiger partial charge in [-0.3, -0.25) is 4.79 Å². The molecule has 1 fully saturated rings. The Kier molecular flexibility index (Phi) is 5.50. The molecule has 0 spiro atoms. The first-order valence-electron chi connectivity index (χ1n) is 9.39. The first-order valence-corrected chi connectivity index (χ1v) is 10.2. The molecule has 2 atom stereocenters. The Morgan fingerprint density at radius 2 is 1.90 bits per heavy atom. The lowest BCUT2D eigenvalue weighted by Crippen LogP contribution is -2.47. The van der Waals surface area contributed by atoms with Crippen LogP contribution in [0.1, 0.15) is 25.2 Å². The van der Waals surface area contributed by atoms with Crippen molar-refractivity contribution >= 4 is 28.9 Å². The van der Waals surface area contributed by atoms with Gasteiger partial charge in [0, 0.05) is 24.7 Å². The molecule has 0 unspecified atom stereocenters. The van der Waals surface area contributed by atoms with Crippen LogP contribution >= 0.6 is 11.8 Å². The van der Waals surface area contributed by atoms with E-state index in [2.05, 4.69) is 4.99 Å². The zero-order valence-electron chi connectivity index (χ0n) is 16.3.